The van der Waals surface area contributed by atoms with E-state index in [4.69, 9.17) is 10.00 Å². The summed E-state index contributed by atoms with van der Waals surface area (Å²) in [6.45, 7) is 0.0208. The van der Waals surface area contributed by atoms with Gasteiger partial charge in [0.1, 0.15) is 18.9 Å². The zero-order valence-corrected chi connectivity index (χ0v) is 13.1. The van der Waals surface area contributed by atoms with E-state index in [2.05, 4.69) is 16.1 Å². The van der Waals surface area contributed by atoms with Crippen LogP contribution in [0.1, 0.15) is 21.5 Å². The molecule has 1 amide bonds. The van der Waals surface area contributed by atoms with Crippen LogP contribution < -0.4 is 10.1 Å². The summed E-state index contributed by atoms with van der Waals surface area (Å²) in [4.78, 5) is 23.0. The highest BCUT2D eigenvalue weighted by Gasteiger charge is 2.09. The van der Waals surface area contributed by atoms with Gasteiger partial charge in [0.15, 0.2) is 0 Å². The molecule has 0 saturated carbocycles. The third-order valence-electron chi connectivity index (χ3n) is 3.25. The Morgan fingerprint density at radius 3 is 2.71 bits per heavy atom. The molecule has 0 aliphatic heterocycles. The summed E-state index contributed by atoms with van der Waals surface area (Å²) in [5, 5.41) is 11.5. The molecule has 0 radical (unpaired) electrons. The first-order chi connectivity index (χ1) is 11.6. The second kappa shape index (κ2) is 8.34. The van der Waals surface area contributed by atoms with Crippen LogP contribution in [0, 0.1) is 11.3 Å². The molecule has 1 N–H and O–H groups in total. The van der Waals surface area contributed by atoms with E-state index in [0.29, 0.717) is 16.9 Å². The second-order valence-electron chi connectivity index (χ2n) is 4.84. The zero-order valence-electron chi connectivity index (χ0n) is 13.1. The monoisotopic (exact) mass is 324 g/mol. The number of rotatable bonds is 6. The van der Waals surface area contributed by atoms with Crippen LogP contribution in [0.5, 0.6) is 5.75 Å². The van der Waals surface area contributed by atoms with Crippen molar-refractivity contribution in [3.05, 3.63) is 65.2 Å². The topological polar surface area (TPSA) is 88.4 Å². The number of carbonyl (C=O) groups excluding carboxylic acids is 2. The minimum Gasteiger partial charge on any atom is -0.489 e. The van der Waals surface area contributed by atoms with Crippen molar-refractivity contribution in [2.75, 3.05) is 13.7 Å². The van der Waals surface area contributed by atoms with E-state index in [9.17, 15) is 9.59 Å². The van der Waals surface area contributed by atoms with Gasteiger partial charge in [0.25, 0.3) is 5.91 Å². The lowest BCUT2D eigenvalue weighted by Gasteiger charge is -2.09. The van der Waals surface area contributed by atoms with Crippen molar-refractivity contribution in [3.63, 3.8) is 0 Å². The molecular weight excluding hydrogens is 308 g/mol. The van der Waals surface area contributed by atoms with Crippen LogP contribution in [0.2, 0.25) is 0 Å². The standard InChI is InChI=1S/C18H16N2O4/c1-23-17(21)11-20-18(22)13-7-4-8-16(9-13)24-12-15-6-3-2-5-14(15)10-19/h2-9H,11-12H2,1H3,(H,20,22). The van der Waals surface area contributed by atoms with Crippen LogP contribution in [0.4, 0.5) is 0 Å². The Bertz CT molecular complexity index is 781. The minimum absolute atomic E-state index is 0.198. The maximum Gasteiger partial charge on any atom is 0.325 e. The Labute approximate surface area is 139 Å². The Morgan fingerprint density at radius 1 is 1.17 bits per heavy atom. The molecule has 0 spiro atoms. The lowest BCUT2D eigenvalue weighted by atomic mass is 10.1. The molecule has 24 heavy (non-hydrogen) atoms. The quantitative estimate of drug-likeness (QED) is 0.822. The van der Waals surface area contributed by atoms with Crippen LogP contribution in [-0.2, 0) is 16.1 Å². The lowest BCUT2D eigenvalue weighted by molar-refractivity contribution is -0.139. The van der Waals surface area contributed by atoms with Crippen LogP contribution in [-0.4, -0.2) is 25.5 Å². The van der Waals surface area contributed by atoms with Gasteiger partial charge in [0, 0.05) is 11.1 Å². The van der Waals surface area contributed by atoms with Gasteiger partial charge >= 0.3 is 5.97 Å². The van der Waals surface area contributed by atoms with Crippen molar-refractivity contribution in [3.8, 4) is 11.8 Å². The Kier molecular flexibility index (Phi) is 5.92. The highest BCUT2D eigenvalue weighted by Crippen LogP contribution is 2.16. The van der Waals surface area contributed by atoms with E-state index in [1.165, 1.54) is 7.11 Å². The predicted octanol–water partition coefficient (Wildman–Crippen LogP) is 2.04. The molecule has 0 saturated heterocycles. The summed E-state index contributed by atoms with van der Waals surface area (Å²) in [7, 11) is 1.25. The fraction of sp³-hybridized carbons (Fsp3) is 0.167. The average molecular weight is 324 g/mol. The molecule has 6 nitrogen and oxygen atoms in total. The number of methoxy groups -OCH3 is 1. The van der Waals surface area contributed by atoms with Crippen molar-refractivity contribution in [2.45, 2.75) is 6.61 Å². The number of hydrogen-bond acceptors (Lipinski definition) is 5. The number of benzene rings is 2. The number of amides is 1. The first-order valence-corrected chi connectivity index (χ1v) is 7.20. The maximum absolute atomic E-state index is 12.0. The van der Waals surface area contributed by atoms with Gasteiger partial charge in [0.2, 0.25) is 0 Å². The minimum atomic E-state index is -0.524. The molecule has 0 unspecified atom stereocenters. The number of carbonyl (C=O) groups is 2. The fourth-order valence-electron chi connectivity index (χ4n) is 1.97. The van der Waals surface area contributed by atoms with Crippen molar-refractivity contribution < 1.29 is 19.1 Å². The van der Waals surface area contributed by atoms with E-state index >= 15 is 0 Å². The number of esters is 1. The number of nitriles is 1. The van der Waals surface area contributed by atoms with Gasteiger partial charge in [-0.25, -0.2) is 0 Å². The summed E-state index contributed by atoms with van der Waals surface area (Å²) < 4.78 is 10.1. The van der Waals surface area contributed by atoms with E-state index < -0.39 is 11.9 Å². The highest BCUT2D eigenvalue weighted by atomic mass is 16.5. The fourth-order valence-corrected chi connectivity index (χ4v) is 1.97. The Morgan fingerprint density at radius 2 is 1.96 bits per heavy atom. The Balaban J connectivity index is 2.01. The normalized spacial score (nSPS) is 9.67. The van der Waals surface area contributed by atoms with Crippen molar-refractivity contribution in [2.24, 2.45) is 0 Å². The van der Waals surface area contributed by atoms with E-state index in [1.54, 1.807) is 36.4 Å². The molecule has 2 aromatic carbocycles. The predicted molar refractivity (Wildman–Crippen MR) is 86.3 cm³/mol. The molecule has 2 rings (SSSR count). The van der Waals surface area contributed by atoms with Gasteiger partial charge < -0.3 is 14.8 Å². The molecule has 0 aromatic heterocycles. The Hall–Kier alpha value is -3.33. The van der Waals surface area contributed by atoms with Crippen molar-refractivity contribution in [1.29, 1.82) is 5.26 Å². The molecular formula is C18H16N2O4. The molecule has 0 aliphatic rings. The zero-order chi connectivity index (χ0) is 17.4. The third-order valence-corrected chi connectivity index (χ3v) is 3.25. The van der Waals surface area contributed by atoms with E-state index in [1.807, 2.05) is 12.1 Å². The molecule has 0 atom stereocenters. The number of hydrogen-bond donors (Lipinski definition) is 1. The molecule has 0 aliphatic carbocycles. The number of nitrogens with one attached hydrogen (secondary N) is 1. The lowest BCUT2D eigenvalue weighted by Crippen LogP contribution is -2.30. The van der Waals surface area contributed by atoms with Crippen LogP contribution >= 0.6 is 0 Å². The summed E-state index contributed by atoms with van der Waals surface area (Å²) in [5.41, 5.74) is 1.68. The molecule has 0 fully saturated rings. The highest BCUT2D eigenvalue weighted by molar-refractivity contribution is 5.96. The summed E-state index contributed by atoms with van der Waals surface area (Å²) >= 11 is 0. The van der Waals surface area contributed by atoms with E-state index in [-0.39, 0.29) is 13.2 Å². The molecule has 2 aromatic rings. The number of nitrogens with zero attached hydrogens (tertiary/aromatic N) is 1. The van der Waals surface area contributed by atoms with Crippen LogP contribution in [0.25, 0.3) is 0 Å². The third kappa shape index (κ3) is 4.58. The van der Waals surface area contributed by atoms with Crippen molar-refractivity contribution >= 4 is 11.9 Å². The van der Waals surface area contributed by atoms with Gasteiger partial charge in [-0.3, -0.25) is 9.59 Å². The summed E-state index contributed by atoms with van der Waals surface area (Å²) in [5.74, 6) is -0.430. The van der Waals surface area contributed by atoms with Crippen LogP contribution in [0.15, 0.2) is 48.5 Å². The van der Waals surface area contributed by atoms with Gasteiger partial charge in [-0.05, 0) is 24.3 Å². The largest absolute Gasteiger partial charge is 0.489 e. The van der Waals surface area contributed by atoms with Crippen molar-refractivity contribution in [1.82, 2.24) is 5.32 Å². The average Bonchev–Trinajstić information content (AvgIpc) is 2.64. The molecule has 6 heteroatoms. The first kappa shape index (κ1) is 17.0. The second-order valence-corrected chi connectivity index (χ2v) is 4.84. The van der Waals surface area contributed by atoms with E-state index in [0.717, 1.165) is 5.56 Å². The van der Waals surface area contributed by atoms with Gasteiger partial charge in [-0.1, -0.05) is 24.3 Å². The summed E-state index contributed by atoms with van der Waals surface area (Å²) in [6, 6.07) is 15.8. The number of ether oxygens (including phenoxy) is 2. The van der Waals surface area contributed by atoms with Gasteiger partial charge in [0.05, 0.1) is 18.7 Å². The maximum atomic E-state index is 12.0. The molecule has 0 heterocycles. The molecule has 0 bridgehead atoms. The smallest absolute Gasteiger partial charge is 0.325 e. The van der Waals surface area contributed by atoms with Gasteiger partial charge in [-0.2, -0.15) is 5.26 Å². The van der Waals surface area contributed by atoms with Gasteiger partial charge in [-0.15, -0.1) is 0 Å². The first-order valence-electron chi connectivity index (χ1n) is 7.20. The summed E-state index contributed by atoms with van der Waals surface area (Å²) in [6.07, 6.45) is 0. The SMILES string of the molecule is COC(=O)CNC(=O)c1cccc(OCc2ccccc2C#N)c1. The molecule has 122 valence electrons. The van der Waals surface area contributed by atoms with Crippen LogP contribution in [0.3, 0.4) is 0 Å².